The number of para-hydroxylation sites is 1. The third-order valence-corrected chi connectivity index (χ3v) is 3.50. The summed E-state index contributed by atoms with van der Waals surface area (Å²) in [5.74, 6) is -0.00262. The number of aliphatic imine (C=N–C) groups is 1. The predicted octanol–water partition coefficient (Wildman–Crippen LogP) is 3.56. The summed E-state index contributed by atoms with van der Waals surface area (Å²) in [6.45, 7) is 2.14. The molecule has 0 fully saturated rings. The lowest BCUT2D eigenvalue weighted by Gasteiger charge is -2.12. The van der Waals surface area contributed by atoms with Crippen LogP contribution in [0.1, 0.15) is 22.8 Å². The van der Waals surface area contributed by atoms with Gasteiger partial charge in [-0.15, -0.1) is 0 Å². The molecule has 0 spiro atoms. The molecule has 3 rings (SSSR count). The van der Waals surface area contributed by atoms with Crippen molar-refractivity contribution in [2.24, 2.45) is 4.99 Å². The number of ketones is 1. The topological polar surface area (TPSA) is 42.3 Å². The summed E-state index contributed by atoms with van der Waals surface area (Å²) in [6.07, 6.45) is 5.29. The highest BCUT2D eigenvalue weighted by atomic mass is 35.5. The van der Waals surface area contributed by atoms with Gasteiger partial charge in [-0.3, -0.25) is 14.8 Å². The summed E-state index contributed by atoms with van der Waals surface area (Å²) in [4.78, 5) is 20.3. The molecule has 0 saturated heterocycles. The molecule has 0 saturated carbocycles. The first kappa shape index (κ1) is 12.1. The van der Waals surface area contributed by atoms with Crippen LogP contribution in [0.15, 0.2) is 35.5 Å². The minimum atomic E-state index is -0.00262. The molecule has 1 aromatic carbocycles. The second-order valence-electron chi connectivity index (χ2n) is 4.42. The van der Waals surface area contributed by atoms with Gasteiger partial charge in [0.25, 0.3) is 0 Å². The summed E-state index contributed by atoms with van der Waals surface area (Å²) >= 11 is 6.17. The number of fused-ring (bicyclic) bond motifs is 1. The zero-order valence-corrected chi connectivity index (χ0v) is 11.1. The number of carbonyl (C=O) groups is 1. The van der Waals surface area contributed by atoms with Gasteiger partial charge in [0, 0.05) is 28.9 Å². The largest absolute Gasteiger partial charge is 0.294 e. The average Bonchev–Trinajstić information content (AvgIpc) is 2.91. The van der Waals surface area contributed by atoms with Crippen LogP contribution in [0.5, 0.6) is 0 Å². The molecule has 0 unspecified atom stereocenters. The van der Waals surface area contributed by atoms with Crippen molar-refractivity contribution in [2.75, 3.05) is 6.54 Å². The quantitative estimate of drug-likeness (QED) is 0.783. The lowest BCUT2D eigenvalue weighted by atomic mass is 9.95. The van der Waals surface area contributed by atoms with E-state index in [1.54, 1.807) is 25.4 Å². The van der Waals surface area contributed by atoms with Gasteiger partial charge >= 0.3 is 0 Å². The van der Waals surface area contributed by atoms with Crippen LogP contribution < -0.4 is 0 Å². The van der Waals surface area contributed by atoms with E-state index in [1.165, 1.54) is 0 Å². The highest BCUT2D eigenvalue weighted by Crippen LogP contribution is 2.32. The Hall–Kier alpha value is -2.00. The van der Waals surface area contributed by atoms with E-state index in [4.69, 9.17) is 11.6 Å². The fourth-order valence-corrected chi connectivity index (χ4v) is 2.53. The molecule has 0 aliphatic carbocycles. The lowest BCUT2D eigenvalue weighted by molar-refractivity contribution is 0.101. The number of Topliss-reactive ketones (excluding diaryl/α,β-unsaturated/α-hetero) is 1. The van der Waals surface area contributed by atoms with Crippen molar-refractivity contribution in [2.45, 2.75) is 6.92 Å². The molecule has 94 valence electrons. The molecule has 2 aromatic rings. The van der Waals surface area contributed by atoms with Crippen molar-refractivity contribution in [3.05, 3.63) is 46.6 Å². The Balaban J connectivity index is 2.39. The van der Waals surface area contributed by atoms with Crippen LogP contribution >= 0.6 is 11.6 Å². The first-order chi connectivity index (χ1) is 9.18. The standard InChI is InChI=1S/C15H11ClN2O/c1-9(19)12-8-18-15-11(3-2-4-13(15)16)14(12)10-5-6-17-7-10/h2-6,8H,7H2,1H3. The molecule has 0 bridgehead atoms. The monoisotopic (exact) mass is 270 g/mol. The number of pyridine rings is 1. The lowest BCUT2D eigenvalue weighted by Crippen LogP contribution is -2.03. The van der Waals surface area contributed by atoms with Crippen LogP contribution in [0.4, 0.5) is 0 Å². The van der Waals surface area contributed by atoms with Crippen LogP contribution in [-0.2, 0) is 0 Å². The van der Waals surface area contributed by atoms with Crippen LogP contribution in [0, 0.1) is 0 Å². The molecule has 1 aromatic heterocycles. The Morgan fingerprint density at radius 1 is 1.37 bits per heavy atom. The molecule has 0 radical (unpaired) electrons. The smallest absolute Gasteiger partial charge is 0.161 e. The summed E-state index contributed by atoms with van der Waals surface area (Å²) < 4.78 is 0. The van der Waals surface area contributed by atoms with Gasteiger partial charge in [0.05, 0.1) is 17.1 Å². The Labute approximate surface area is 115 Å². The Morgan fingerprint density at radius 2 is 2.21 bits per heavy atom. The molecular formula is C15H11ClN2O. The van der Waals surface area contributed by atoms with Gasteiger partial charge in [0.1, 0.15) is 0 Å². The van der Waals surface area contributed by atoms with Crippen molar-refractivity contribution in [3.63, 3.8) is 0 Å². The molecule has 19 heavy (non-hydrogen) atoms. The van der Waals surface area contributed by atoms with Gasteiger partial charge in [-0.1, -0.05) is 23.7 Å². The van der Waals surface area contributed by atoms with E-state index in [-0.39, 0.29) is 5.78 Å². The average molecular weight is 271 g/mol. The molecule has 0 amide bonds. The number of halogens is 1. The summed E-state index contributed by atoms with van der Waals surface area (Å²) in [5, 5.41) is 1.49. The van der Waals surface area contributed by atoms with E-state index in [2.05, 4.69) is 9.98 Å². The molecule has 3 nitrogen and oxygen atoms in total. The van der Waals surface area contributed by atoms with Crippen LogP contribution in [-0.4, -0.2) is 23.5 Å². The fourth-order valence-electron chi connectivity index (χ4n) is 2.31. The van der Waals surface area contributed by atoms with Crippen LogP contribution in [0.3, 0.4) is 0 Å². The minimum absolute atomic E-state index is 0.00262. The third-order valence-electron chi connectivity index (χ3n) is 3.19. The van der Waals surface area contributed by atoms with E-state index < -0.39 is 0 Å². The summed E-state index contributed by atoms with van der Waals surface area (Å²) in [6, 6.07) is 5.61. The second-order valence-corrected chi connectivity index (χ2v) is 4.83. The number of aromatic nitrogens is 1. The number of nitrogens with zero attached hydrogens (tertiary/aromatic N) is 2. The highest BCUT2D eigenvalue weighted by Gasteiger charge is 2.17. The first-order valence-corrected chi connectivity index (χ1v) is 6.34. The van der Waals surface area contributed by atoms with Gasteiger partial charge < -0.3 is 0 Å². The molecule has 1 aliphatic rings. The van der Waals surface area contributed by atoms with E-state index in [0.717, 1.165) is 22.0 Å². The van der Waals surface area contributed by atoms with E-state index in [1.807, 2.05) is 18.2 Å². The number of rotatable bonds is 2. The molecule has 2 heterocycles. The SMILES string of the molecule is CC(=O)c1cnc2c(Cl)cccc2c1C1=CC=NC1. The van der Waals surface area contributed by atoms with Gasteiger partial charge in [0.2, 0.25) is 0 Å². The van der Waals surface area contributed by atoms with Crippen molar-refractivity contribution < 1.29 is 4.79 Å². The Bertz CT molecular complexity index is 747. The van der Waals surface area contributed by atoms with Crippen molar-refractivity contribution >= 4 is 40.1 Å². The minimum Gasteiger partial charge on any atom is -0.294 e. The highest BCUT2D eigenvalue weighted by molar-refractivity contribution is 6.35. The van der Waals surface area contributed by atoms with Crippen LogP contribution in [0.2, 0.25) is 5.02 Å². The van der Waals surface area contributed by atoms with E-state index in [9.17, 15) is 4.79 Å². The fraction of sp³-hybridized carbons (Fsp3) is 0.133. The van der Waals surface area contributed by atoms with Gasteiger partial charge in [-0.2, -0.15) is 0 Å². The maximum Gasteiger partial charge on any atom is 0.161 e. The second kappa shape index (κ2) is 4.59. The van der Waals surface area contributed by atoms with Gasteiger partial charge in [-0.25, -0.2) is 0 Å². The van der Waals surface area contributed by atoms with Crippen molar-refractivity contribution in [1.29, 1.82) is 0 Å². The molecule has 0 N–H and O–H groups in total. The number of carbonyl (C=O) groups excluding carboxylic acids is 1. The van der Waals surface area contributed by atoms with E-state index in [0.29, 0.717) is 17.1 Å². The number of hydrogen-bond acceptors (Lipinski definition) is 3. The summed E-state index contributed by atoms with van der Waals surface area (Å²) in [5.41, 5.74) is 3.26. The normalized spacial score (nSPS) is 13.9. The maximum atomic E-state index is 11.8. The van der Waals surface area contributed by atoms with Gasteiger partial charge in [0.15, 0.2) is 5.78 Å². The molecular weight excluding hydrogens is 260 g/mol. The summed E-state index contributed by atoms with van der Waals surface area (Å²) in [7, 11) is 0. The predicted molar refractivity (Wildman–Crippen MR) is 78.1 cm³/mol. The first-order valence-electron chi connectivity index (χ1n) is 5.96. The third kappa shape index (κ3) is 1.96. The van der Waals surface area contributed by atoms with Crippen molar-refractivity contribution in [1.82, 2.24) is 4.98 Å². The van der Waals surface area contributed by atoms with Crippen LogP contribution in [0.25, 0.3) is 16.5 Å². The van der Waals surface area contributed by atoms with E-state index >= 15 is 0 Å². The maximum absolute atomic E-state index is 11.8. The zero-order valence-electron chi connectivity index (χ0n) is 10.4. The number of hydrogen-bond donors (Lipinski definition) is 0. The number of benzene rings is 1. The van der Waals surface area contributed by atoms with Crippen molar-refractivity contribution in [3.8, 4) is 0 Å². The Morgan fingerprint density at radius 3 is 2.89 bits per heavy atom. The number of allylic oxidation sites excluding steroid dienone is 1. The van der Waals surface area contributed by atoms with Gasteiger partial charge in [-0.05, 0) is 24.6 Å². The molecule has 1 aliphatic heterocycles. The molecule has 0 atom stereocenters. The Kier molecular flexibility index (Phi) is 2.91. The zero-order chi connectivity index (χ0) is 13.4. The molecule has 4 heteroatoms.